The minimum Gasteiger partial charge on any atom is -0.462 e. The summed E-state index contributed by atoms with van der Waals surface area (Å²) in [5.41, 5.74) is 1.65. The topological polar surface area (TPSA) is 67.2 Å². The molecule has 5 nitrogen and oxygen atoms in total. The quantitative estimate of drug-likeness (QED) is 0.607. The van der Waals surface area contributed by atoms with Crippen LogP contribution in [0.15, 0.2) is 53.1 Å². The summed E-state index contributed by atoms with van der Waals surface area (Å²) in [5.74, 6) is 1.11. The van der Waals surface area contributed by atoms with Crippen LogP contribution in [0.1, 0.15) is 22.5 Å². The van der Waals surface area contributed by atoms with E-state index in [1.807, 2.05) is 42.5 Å². The predicted molar refractivity (Wildman–Crippen MR) is 118 cm³/mol. The first-order valence-electron chi connectivity index (χ1n) is 8.90. The van der Waals surface area contributed by atoms with Crippen LogP contribution in [0.4, 0.5) is 0 Å². The SMILES string of the molecule is Cl.Cl.O=C(NCC1CCCNC1)c1sc(-c2ccco2)nc1-c1ccccc1. The number of nitrogens with zero attached hydrogens (tertiary/aromatic N) is 1. The lowest BCUT2D eigenvalue weighted by atomic mass is 10.00. The fraction of sp³-hybridized carbons (Fsp3) is 0.300. The Bertz CT molecular complexity index is 863. The van der Waals surface area contributed by atoms with E-state index in [4.69, 9.17) is 9.40 Å². The number of carbonyl (C=O) groups excluding carboxylic acids is 1. The summed E-state index contributed by atoms with van der Waals surface area (Å²) in [5, 5.41) is 7.20. The van der Waals surface area contributed by atoms with Crippen molar-refractivity contribution in [3.63, 3.8) is 0 Å². The molecule has 28 heavy (non-hydrogen) atoms. The molecule has 2 aromatic heterocycles. The number of rotatable bonds is 5. The molecule has 0 spiro atoms. The highest BCUT2D eigenvalue weighted by molar-refractivity contribution is 7.17. The molecular formula is C20H23Cl2N3O2S. The number of hydrogen-bond acceptors (Lipinski definition) is 5. The van der Waals surface area contributed by atoms with Crippen LogP contribution in [0.25, 0.3) is 22.0 Å². The Morgan fingerprint density at radius 1 is 1.21 bits per heavy atom. The summed E-state index contributed by atoms with van der Waals surface area (Å²) in [6.45, 7) is 2.73. The molecule has 0 bridgehead atoms. The number of halogens is 2. The van der Waals surface area contributed by atoms with Crippen molar-refractivity contribution in [2.75, 3.05) is 19.6 Å². The average Bonchev–Trinajstić information content (AvgIpc) is 3.37. The summed E-state index contributed by atoms with van der Waals surface area (Å²) in [7, 11) is 0. The van der Waals surface area contributed by atoms with E-state index in [9.17, 15) is 4.79 Å². The molecular weight excluding hydrogens is 417 g/mol. The molecule has 1 atom stereocenters. The van der Waals surface area contributed by atoms with Crippen molar-refractivity contribution in [1.82, 2.24) is 15.6 Å². The number of nitrogens with one attached hydrogen (secondary N) is 2. The van der Waals surface area contributed by atoms with E-state index >= 15 is 0 Å². The Morgan fingerprint density at radius 3 is 2.71 bits per heavy atom. The van der Waals surface area contributed by atoms with Gasteiger partial charge in [0.15, 0.2) is 10.8 Å². The molecule has 0 aliphatic carbocycles. The first kappa shape index (κ1) is 22.4. The van der Waals surface area contributed by atoms with Crippen molar-refractivity contribution in [3.05, 3.63) is 53.6 Å². The minimum absolute atomic E-state index is 0. The van der Waals surface area contributed by atoms with Crippen molar-refractivity contribution < 1.29 is 9.21 Å². The highest BCUT2D eigenvalue weighted by Crippen LogP contribution is 2.34. The van der Waals surface area contributed by atoms with Crippen molar-refractivity contribution in [3.8, 4) is 22.0 Å². The van der Waals surface area contributed by atoms with Gasteiger partial charge in [0.25, 0.3) is 5.91 Å². The third-order valence-corrected chi connectivity index (χ3v) is 5.63. The van der Waals surface area contributed by atoms with Crippen molar-refractivity contribution in [2.45, 2.75) is 12.8 Å². The van der Waals surface area contributed by atoms with E-state index in [0.29, 0.717) is 28.8 Å². The van der Waals surface area contributed by atoms with Gasteiger partial charge in [0.05, 0.1) is 12.0 Å². The van der Waals surface area contributed by atoms with E-state index in [0.717, 1.165) is 30.1 Å². The maximum atomic E-state index is 12.9. The summed E-state index contributed by atoms with van der Waals surface area (Å²) >= 11 is 1.37. The van der Waals surface area contributed by atoms with Gasteiger partial charge in [-0.25, -0.2) is 4.98 Å². The third kappa shape index (κ3) is 5.14. The van der Waals surface area contributed by atoms with Gasteiger partial charge in [-0.2, -0.15) is 0 Å². The van der Waals surface area contributed by atoms with E-state index in [1.54, 1.807) is 6.26 Å². The highest BCUT2D eigenvalue weighted by atomic mass is 35.5. The second-order valence-electron chi connectivity index (χ2n) is 6.46. The van der Waals surface area contributed by atoms with Crippen LogP contribution in [0.3, 0.4) is 0 Å². The maximum absolute atomic E-state index is 12.9. The van der Waals surface area contributed by atoms with Gasteiger partial charge in [-0.1, -0.05) is 30.3 Å². The molecule has 4 rings (SSSR count). The van der Waals surface area contributed by atoms with Gasteiger partial charge in [0.2, 0.25) is 0 Å². The van der Waals surface area contributed by atoms with Crippen LogP contribution in [-0.2, 0) is 0 Å². The van der Waals surface area contributed by atoms with Crippen LogP contribution in [0, 0.1) is 5.92 Å². The van der Waals surface area contributed by atoms with Crippen LogP contribution in [0.2, 0.25) is 0 Å². The Kier molecular flexibility index (Phi) is 8.51. The lowest BCUT2D eigenvalue weighted by Crippen LogP contribution is -2.38. The average molecular weight is 440 g/mol. The zero-order valence-corrected chi connectivity index (χ0v) is 17.7. The number of thiazole rings is 1. The molecule has 0 radical (unpaired) electrons. The van der Waals surface area contributed by atoms with Gasteiger partial charge >= 0.3 is 0 Å². The third-order valence-electron chi connectivity index (χ3n) is 4.56. The number of aromatic nitrogens is 1. The molecule has 1 unspecified atom stereocenters. The zero-order valence-electron chi connectivity index (χ0n) is 15.2. The molecule has 1 saturated heterocycles. The molecule has 0 saturated carbocycles. The molecule has 8 heteroatoms. The maximum Gasteiger partial charge on any atom is 0.263 e. The number of benzene rings is 1. The molecule has 1 aliphatic rings. The Hall–Kier alpha value is -1.86. The second kappa shape index (κ2) is 10.6. The first-order valence-corrected chi connectivity index (χ1v) is 9.72. The summed E-state index contributed by atoms with van der Waals surface area (Å²) in [6.07, 6.45) is 3.94. The summed E-state index contributed by atoms with van der Waals surface area (Å²) < 4.78 is 5.47. The molecule has 1 aliphatic heterocycles. The molecule has 2 N–H and O–H groups in total. The number of hydrogen-bond donors (Lipinski definition) is 2. The van der Waals surface area contributed by atoms with E-state index < -0.39 is 0 Å². The van der Waals surface area contributed by atoms with Crippen LogP contribution in [0.5, 0.6) is 0 Å². The first-order chi connectivity index (χ1) is 12.8. The summed E-state index contributed by atoms with van der Waals surface area (Å²) in [6, 6.07) is 13.5. The van der Waals surface area contributed by atoms with Gasteiger partial charge in [-0.15, -0.1) is 36.2 Å². The Balaban J connectivity index is 0.00000140. The lowest BCUT2D eigenvalue weighted by molar-refractivity contribution is 0.0949. The highest BCUT2D eigenvalue weighted by Gasteiger charge is 2.22. The van der Waals surface area contributed by atoms with Crippen molar-refractivity contribution in [2.24, 2.45) is 5.92 Å². The largest absolute Gasteiger partial charge is 0.462 e. The van der Waals surface area contributed by atoms with E-state index in [-0.39, 0.29) is 30.7 Å². The second-order valence-corrected chi connectivity index (χ2v) is 7.46. The number of amides is 1. The van der Waals surface area contributed by atoms with Crippen LogP contribution >= 0.6 is 36.2 Å². The monoisotopic (exact) mass is 439 g/mol. The fourth-order valence-electron chi connectivity index (χ4n) is 3.19. The smallest absolute Gasteiger partial charge is 0.263 e. The predicted octanol–water partition coefficient (Wildman–Crippen LogP) is 4.64. The molecule has 3 aromatic rings. The fourth-order valence-corrected chi connectivity index (χ4v) is 4.16. The molecule has 150 valence electrons. The van der Waals surface area contributed by atoms with Gasteiger partial charge in [-0.05, 0) is 44.0 Å². The van der Waals surface area contributed by atoms with Gasteiger partial charge in [0, 0.05) is 12.1 Å². The standard InChI is InChI=1S/C20H21N3O2S.2ClH/c24-19(22-13-14-6-4-10-21-12-14)18-17(15-7-2-1-3-8-15)23-20(26-18)16-9-5-11-25-16;;/h1-3,5,7-9,11,14,21H,4,6,10,12-13H2,(H,22,24);2*1H. The Morgan fingerprint density at radius 2 is 2.04 bits per heavy atom. The number of furan rings is 1. The molecule has 1 fully saturated rings. The van der Waals surface area contributed by atoms with E-state index in [2.05, 4.69) is 10.6 Å². The Labute approximate surface area is 180 Å². The van der Waals surface area contributed by atoms with Crippen LogP contribution < -0.4 is 10.6 Å². The molecule has 3 heterocycles. The number of piperidine rings is 1. The van der Waals surface area contributed by atoms with Gasteiger partial charge in [0.1, 0.15) is 4.88 Å². The van der Waals surface area contributed by atoms with Crippen molar-refractivity contribution >= 4 is 42.1 Å². The normalized spacial score (nSPS) is 15.9. The summed E-state index contributed by atoms with van der Waals surface area (Å²) in [4.78, 5) is 18.2. The molecule has 1 aromatic carbocycles. The van der Waals surface area contributed by atoms with Gasteiger partial charge < -0.3 is 15.1 Å². The number of carbonyl (C=O) groups is 1. The zero-order chi connectivity index (χ0) is 17.8. The lowest BCUT2D eigenvalue weighted by Gasteiger charge is -2.22. The molecule has 1 amide bonds. The van der Waals surface area contributed by atoms with E-state index in [1.165, 1.54) is 17.8 Å². The van der Waals surface area contributed by atoms with Crippen LogP contribution in [-0.4, -0.2) is 30.5 Å². The minimum atomic E-state index is -0.0651. The van der Waals surface area contributed by atoms with Gasteiger partial charge in [-0.3, -0.25) is 4.79 Å². The van der Waals surface area contributed by atoms with Crippen molar-refractivity contribution in [1.29, 1.82) is 0 Å².